The third-order valence-corrected chi connectivity index (χ3v) is 1.98. The van der Waals surface area contributed by atoms with Gasteiger partial charge in [0.2, 0.25) is 5.91 Å². The highest BCUT2D eigenvalue weighted by Crippen LogP contribution is 2.06. The number of rotatable bonds is 3. The molecule has 1 heterocycles. The Morgan fingerprint density at radius 1 is 1.38 bits per heavy atom. The van der Waals surface area contributed by atoms with E-state index < -0.39 is 5.91 Å². The van der Waals surface area contributed by atoms with Crippen LogP contribution in [0.1, 0.15) is 29.8 Å². The molecule has 0 bridgehead atoms. The molecule has 1 amide bonds. The van der Waals surface area contributed by atoms with Gasteiger partial charge in [0.05, 0.1) is 11.3 Å². The Hall–Kier alpha value is -1.97. The van der Waals surface area contributed by atoms with E-state index in [1.54, 1.807) is 19.3 Å². The smallest absolute Gasteiger partial charge is 0.250 e. The number of primary amides is 1. The second-order valence-corrected chi connectivity index (χ2v) is 3.66. The molecule has 0 unspecified atom stereocenters. The van der Waals surface area contributed by atoms with Gasteiger partial charge in [0, 0.05) is 25.0 Å². The Labute approximate surface area is 94.9 Å². The van der Waals surface area contributed by atoms with Crippen molar-refractivity contribution < 1.29 is 4.79 Å². The molecule has 84 valence electrons. The van der Waals surface area contributed by atoms with E-state index >= 15 is 0 Å². The Bertz CT molecular complexity index is 457. The van der Waals surface area contributed by atoms with E-state index in [1.165, 1.54) is 6.20 Å². The van der Waals surface area contributed by atoms with E-state index in [2.05, 4.69) is 9.98 Å². The van der Waals surface area contributed by atoms with Crippen LogP contribution in [-0.2, 0) is 0 Å². The number of carbonyl (C=O) groups excluding carboxylic acids is 1. The molecule has 4 heteroatoms. The molecular weight excluding hydrogens is 202 g/mol. The van der Waals surface area contributed by atoms with E-state index in [-0.39, 0.29) is 0 Å². The van der Waals surface area contributed by atoms with Crippen LogP contribution in [-0.4, -0.2) is 23.7 Å². The SMILES string of the molecule is CN=C(C=C(C)C)c1cncc(C(N)=O)c1. The predicted octanol–water partition coefficient (Wildman–Crippen LogP) is 1.57. The average molecular weight is 217 g/mol. The van der Waals surface area contributed by atoms with Crippen molar-refractivity contribution in [3.05, 3.63) is 41.2 Å². The molecule has 4 nitrogen and oxygen atoms in total. The van der Waals surface area contributed by atoms with Gasteiger partial charge < -0.3 is 5.73 Å². The molecule has 0 fully saturated rings. The van der Waals surface area contributed by atoms with E-state index in [1.807, 2.05) is 19.9 Å². The Balaban J connectivity index is 3.17. The molecule has 0 aliphatic heterocycles. The summed E-state index contributed by atoms with van der Waals surface area (Å²) in [7, 11) is 1.70. The summed E-state index contributed by atoms with van der Waals surface area (Å²) in [5.41, 5.74) is 8.29. The fourth-order valence-electron chi connectivity index (χ4n) is 1.27. The Morgan fingerprint density at radius 2 is 2.00 bits per heavy atom. The first-order valence-electron chi connectivity index (χ1n) is 4.91. The minimum atomic E-state index is -0.484. The summed E-state index contributed by atoms with van der Waals surface area (Å²) in [5.74, 6) is -0.484. The maximum atomic E-state index is 11.0. The molecule has 0 aliphatic rings. The third kappa shape index (κ3) is 3.02. The van der Waals surface area contributed by atoms with Gasteiger partial charge in [0.1, 0.15) is 0 Å². The number of carbonyl (C=O) groups is 1. The van der Waals surface area contributed by atoms with Crippen LogP contribution >= 0.6 is 0 Å². The van der Waals surface area contributed by atoms with E-state index in [4.69, 9.17) is 5.73 Å². The monoisotopic (exact) mass is 217 g/mol. The highest BCUT2D eigenvalue weighted by molar-refractivity contribution is 6.09. The van der Waals surface area contributed by atoms with Crippen molar-refractivity contribution in [3.8, 4) is 0 Å². The van der Waals surface area contributed by atoms with Crippen molar-refractivity contribution in [2.75, 3.05) is 7.05 Å². The Morgan fingerprint density at radius 3 is 2.50 bits per heavy atom. The van der Waals surface area contributed by atoms with Crippen molar-refractivity contribution >= 4 is 11.6 Å². The lowest BCUT2D eigenvalue weighted by Crippen LogP contribution is -2.12. The summed E-state index contributed by atoms with van der Waals surface area (Å²) >= 11 is 0. The van der Waals surface area contributed by atoms with Crippen LogP contribution in [0.15, 0.2) is 35.1 Å². The maximum absolute atomic E-state index is 11.0. The van der Waals surface area contributed by atoms with Gasteiger partial charge in [0.25, 0.3) is 0 Å². The van der Waals surface area contributed by atoms with Gasteiger partial charge in [-0.2, -0.15) is 0 Å². The quantitative estimate of drug-likeness (QED) is 0.781. The molecule has 1 aromatic heterocycles. The van der Waals surface area contributed by atoms with Crippen molar-refractivity contribution in [3.63, 3.8) is 0 Å². The van der Waals surface area contributed by atoms with Gasteiger partial charge in [-0.3, -0.25) is 14.8 Å². The van der Waals surface area contributed by atoms with Crippen LogP contribution in [0.4, 0.5) is 0 Å². The maximum Gasteiger partial charge on any atom is 0.250 e. The van der Waals surface area contributed by atoms with E-state index in [0.29, 0.717) is 5.56 Å². The molecule has 0 aromatic carbocycles. The number of nitrogens with zero attached hydrogens (tertiary/aromatic N) is 2. The van der Waals surface area contributed by atoms with E-state index in [0.717, 1.165) is 16.8 Å². The fraction of sp³-hybridized carbons (Fsp3) is 0.250. The summed E-state index contributed by atoms with van der Waals surface area (Å²) < 4.78 is 0. The molecule has 0 spiro atoms. The highest BCUT2D eigenvalue weighted by atomic mass is 16.1. The van der Waals surface area contributed by atoms with Crippen molar-refractivity contribution in [2.24, 2.45) is 10.7 Å². The van der Waals surface area contributed by atoms with Gasteiger partial charge in [-0.25, -0.2) is 0 Å². The fourth-order valence-corrected chi connectivity index (χ4v) is 1.27. The summed E-state index contributed by atoms with van der Waals surface area (Å²) in [6.07, 6.45) is 5.04. The lowest BCUT2D eigenvalue weighted by atomic mass is 10.1. The van der Waals surface area contributed by atoms with Gasteiger partial charge in [-0.05, 0) is 26.0 Å². The standard InChI is InChI=1S/C12H15N3O/c1-8(2)4-11(14-3)9-5-10(12(13)16)7-15-6-9/h4-7H,1-3H3,(H2,13,16). The zero-order valence-corrected chi connectivity index (χ0v) is 9.69. The largest absolute Gasteiger partial charge is 0.366 e. The summed E-state index contributed by atoms with van der Waals surface area (Å²) in [6.45, 7) is 3.97. The third-order valence-electron chi connectivity index (χ3n) is 1.98. The van der Waals surface area contributed by atoms with Gasteiger partial charge in [0.15, 0.2) is 0 Å². The highest BCUT2D eigenvalue weighted by Gasteiger charge is 2.05. The average Bonchev–Trinajstić information content (AvgIpc) is 2.25. The molecule has 0 atom stereocenters. The Kier molecular flexibility index (Phi) is 3.94. The minimum Gasteiger partial charge on any atom is -0.366 e. The molecule has 16 heavy (non-hydrogen) atoms. The topological polar surface area (TPSA) is 68.3 Å². The number of hydrogen-bond acceptors (Lipinski definition) is 3. The number of aromatic nitrogens is 1. The number of pyridine rings is 1. The minimum absolute atomic E-state index is 0.390. The first-order chi connectivity index (χ1) is 7.54. The van der Waals surface area contributed by atoms with E-state index in [9.17, 15) is 4.79 Å². The van der Waals surface area contributed by atoms with Crippen molar-refractivity contribution in [2.45, 2.75) is 13.8 Å². The lowest BCUT2D eigenvalue weighted by molar-refractivity contribution is 0.1000. The number of hydrogen-bond donors (Lipinski definition) is 1. The molecule has 2 N–H and O–H groups in total. The van der Waals surface area contributed by atoms with Crippen molar-refractivity contribution in [1.82, 2.24) is 4.98 Å². The first-order valence-corrected chi connectivity index (χ1v) is 4.91. The van der Waals surface area contributed by atoms with Gasteiger partial charge >= 0.3 is 0 Å². The number of amides is 1. The molecule has 1 aromatic rings. The number of aliphatic imine (C=N–C) groups is 1. The van der Waals surface area contributed by atoms with Crippen LogP contribution in [0, 0.1) is 0 Å². The van der Waals surface area contributed by atoms with Crippen LogP contribution in [0.2, 0.25) is 0 Å². The molecular formula is C12H15N3O. The van der Waals surface area contributed by atoms with Gasteiger partial charge in [-0.1, -0.05) is 5.57 Å². The first kappa shape index (κ1) is 12.1. The zero-order valence-electron chi connectivity index (χ0n) is 9.69. The number of nitrogens with two attached hydrogens (primary N) is 1. The second-order valence-electron chi connectivity index (χ2n) is 3.66. The summed E-state index contributed by atoms with van der Waals surface area (Å²) in [4.78, 5) is 19.1. The van der Waals surface area contributed by atoms with Crippen LogP contribution in [0.5, 0.6) is 0 Å². The van der Waals surface area contributed by atoms with Crippen molar-refractivity contribution in [1.29, 1.82) is 0 Å². The molecule has 1 rings (SSSR count). The molecule has 0 saturated carbocycles. The molecule has 0 saturated heterocycles. The van der Waals surface area contributed by atoms with Crippen LogP contribution in [0.25, 0.3) is 0 Å². The summed E-state index contributed by atoms with van der Waals surface area (Å²) in [5, 5.41) is 0. The molecule has 0 radical (unpaired) electrons. The normalized spacial score (nSPS) is 11.1. The zero-order chi connectivity index (χ0) is 12.1. The predicted molar refractivity (Wildman–Crippen MR) is 64.6 cm³/mol. The van der Waals surface area contributed by atoms with Gasteiger partial charge in [-0.15, -0.1) is 0 Å². The van der Waals surface area contributed by atoms with Crippen LogP contribution in [0.3, 0.4) is 0 Å². The summed E-state index contributed by atoms with van der Waals surface area (Å²) in [6, 6.07) is 1.69. The van der Waals surface area contributed by atoms with Crippen LogP contribution < -0.4 is 5.73 Å². The lowest BCUT2D eigenvalue weighted by Gasteiger charge is -2.02. The number of allylic oxidation sites excluding steroid dienone is 2. The second kappa shape index (κ2) is 5.21. The molecule has 0 aliphatic carbocycles.